The maximum Gasteiger partial charge on any atom is 0.326 e. The molecule has 2 N–H and O–H groups in total. The van der Waals surface area contributed by atoms with E-state index >= 15 is 0 Å². The van der Waals surface area contributed by atoms with Crippen molar-refractivity contribution in [1.29, 1.82) is 0 Å². The van der Waals surface area contributed by atoms with E-state index < -0.39 is 24.0 Å². The fourth-order valence-corrected chi connectivity index (χ4v) is 6.92. The van der Waals surface area contributed by atoms with Crippen molar-refractivity contribution in [3.8, 4) is 5.75 Å². The number of amides is 1. The van der Waals surface area contributed by atoms with Crippen LogP contribution in [0.25, 0.3) is 0 Å². The Labute approximate surface area is 170 Å². The number of aliphatic carboxylic acids is 1. The Morgan fingerprint density at radius 3 is 2.14 bits per heavy atom. The number of aliphatic hydroxyl groups excluding tert-OH is 1. The standard InChI is InChI=1S/C23H29NO5/c25-18-8-20(22(27)28)24(12-18)21(26)13-29-19-3-1-17(2-4-19)23-9-14-5-15(10-23)7-16(6-14)11-23/h1-4,14-16,18,20,25H,5-13H2,(H,27,28). The molecule has 4 aliphatic carbocycles. The minimum atomic E-state index is -1.09. The first kappa shape index (κ1) is 18.9. The highest BCUT2D eigenvalue weighted by Gasteiger charge is 2.51. The number of ether oxygens (including phenoxy) is 1. The zero-order valence-electron chi connectivity index (χ0n) is 16.6. The molecular weight excluding hydrogens is 370 g/mol. The summed E-state index contributed by atoms with van der Waals surface area (Å²) >= 11 is 0. The zero-order valence-corrected chi connectivity index (χ0v) is 16.6. The van der Waals surface area contributed by atoms with Gasteiger partial charge in [0.05, 0.1) is 6.10 Å². The molecule has 156 valence electrons. The molecule has 2 atom stereocenters. The van der Waals surface area contributed by atoms with Gasteiger partial charge in [-0.1, -0.05) is 12.1 Å². The number of likely N-dealkylation sites (tertiary alicyclic amines) is 1. The quantitative estimate of drug-likeness (QED) is 0.795. The normalized spacial score (nSPS) is 37.7. The van der Waals surface area contributed by atoms with E-state index in [2.05, 4.69) is 12.1 Å². The van der Waals surface area contributed by atoms with Crippen LogP contribution in [-0.4, -0.2) is 52.3 Å². The van der Waals surface area contributed by atoms with E-state index in [4.69, 9.17) is 4.74 Å². The predicted octanol–water partition coefficient (Wildman–Crippen LogP) is 2.58. The third-order valence-electron chi connectivity index (χ3n) is 7.75. The molecule has 0 radical (unpaired) electrons. The van der Waals surface area contributed by atoms with E-state index in [1.807, 2.05) is 12.1 Å². The molecule has 0 spiro atoms. The van der Waals surface area contributed by atoms with Crippen molar-refractivity contribution in [2.45, 2.75) is 62.5 Å². The number of benzene rings is 1. The van der Waals surface area contributed by atoms with Crippen LogP contribution in [0.3, 0.4) is 0 Å². The Hall–Kier alpha value is -2.08. The number of aliphatic hydroxyl groups is 1. The number of carbonyl (C=O) groups is 2. The first-order chi connectivity index (χ1) is 13.9. The van der Waals surface area contributed by atoms with Crippen molar-refractivity contribution < 1.29 is 24.5 Å². The van der Waals surface area contributed by atoms with Gasteiger partial charge >= 0.3 is 5.97 Å². The molecule has 1 heterocycles. The molecule has 5 fully saturated rings. The van der Waals surface area contributed by atoms with E-state index in [9.17, 15) is 19.8 Å². The molecule has 1 aliphatic heterocycles. The van der Waals surface area contributed by atoms with Crippen molar-refractivity contribution in [2.24, 2.45) is 17.8 Å². The van der Waals surface area contributed by atoms with Crippen molar-refractivity contribution in [3.63, 3.8) is 0 Å². The van der Waals surface area contributed by atoms with Crippen LogP contribution in [0.15, 0.2) is 24.3 Å². The minimum Gasteiger partial charge on any atom is -0.484 e. The van der Waals surface area contributed by atoms with E-state index in [-0.39, 0.29) is 19.6 Å². The Morgan fingerprint density at radius 2 is 1.59 bits per heavy atom. The fraction of sp³-hybridized carbons (Fsp3) is 0.652. The fourth-order valence-electron chi connectivity index (χ4n) is 6.92. The van der Waals surface area contributed by atoms with Crippen LogP contribution in [0.1, 0.15) is 50.5 Å². The molecule has 6 heteroatoms. The summed E-state index contributed by atoms with van der Waals surface area (Å²) in [5, 5.41) is 18.9. The first-order valence-electron chi connectivity index (χ1n) is 10.9. The number of β-amino-alcohol motifs (C(OH)–C–C–N with tert-alkyl or cyclic N) is 1. The number of carbonyl (C=O) groups excluding carboxylic acids is 1. The van der Waals surface area contributed by atoms with Gasteiger partial charge in [0.2, 0.25) is 0 Å². The summed E-state index contributed by atoms with van der Waals surface area (Å²) in [5.74, 6) is 1.82. The van der Waals surface area contributed by atoms with Crippen molar-refractivity contribution in [2.75, 3.05) is 13.2 Å². The van der Waals surface area contributed by atoms with Gasteiger partial charge in [-0.25, -0.2) is 4.79 Å². The van der Waals surface area contributed by atoms with Crippen molar-refractivity contribution >= 4 is 11.9 Å². The third-order valence-corrected chi connectivity index (χ3v) is 7.75. The molecule has 4 bridgehead atoms. The Morgan fingerprint density at radius 1 is 1.00 bits per heavy atom. The summed E-state index contributed by atoms with van der Waals surface area (Å²) in [6, 6.07) is 7.22. The molecular formula is C23H29NO5. The van der Waals surface area contributed by atoms with Crippen LogP contribution in [0.4, 0.5) is 0 Å². The number of hydrogen-bond acceptors (Lipinski definition) is 4. The summed E-state index contributed by atoms with van der Waals surface area (Å²) in [7, 11) is 0. The highest BCUT2D eigenvalue weighted by molar-refractivity contribution is 5.85. The second kappa shape index (κ2) is 7.01. The smallest absolute Gasteiger partial charge is 0.326 e. The second-order valence-corrected chi connectivity index (χ2v) is 9.80. The maximum atomic E-state index is 12.4. The van der Waals surface area contributed by atoms with Crippen LogP contribution >= 0.6 is 0 Å². The van der Waals surface area contributed by atoms with E-state index in [1.54, 1.807) is 0 Å². The SMILES string of the molecule is O=C(O)C1CC(O)CN1C(=O)COc1ccc(C23CC4CC(CC(C4)C2)C3)cc1. The Kier molecular flexibility index (Phi) is 4.57. The average molecular weight is 399 g/mol. The van der Waals surface area contributed by atoms with Gasteiger partial charge < -0.3 is 19.8 Å². The molecule has 0 aromatic heterocycles. The third kappa shape index (κ3) is 3.41. The minimum absolute atomic E-state index is 0.0458. The largest absolute Gasteiger partial charge is 0.484 e. The summed E-state index contributed by atoms with van der Waals surface area (Å²) in [4.78, 5) is 24.9. The number of carboxylic acid groups (broad SMARTS) is 1. The molecule has 1 saturated heterocycles. The van der Waals surface area contributed by atoms with E-state index in [0.717, 1.165) is 17.8 Å². The molecule has 1 aromatic rings. The molecule has 6 nitrogen and oxygen atoms in total. The maximum absolute atomic E-state index is 12.4. The van der Waals surface area contributed by atoms with Crippen LogP contribution in [0, 0.1) is 17.8 Å². The monoisotopic (exact) mass is 399 g/mol. The van der Waals surface area contributed by atoms with Crippen LogP contribution in [-0.2, 0) is 15.0 Å². The van der Waals surface area contributed by atoms with Crippen LogP contribution in [0.2, 0.25) is 0 Å². The van der Waals surface area contributed by atoms with Gasteiger partial charge in [0.1, 0.15) is 11.8 Å². The summed E-state index contributed by atoms with van der Waals surface area (Å²) in [6.45, 7) is -0.169. The van der Waals surface area contributed by atoms with Gasteiger partial charge in [-0.3, -0.25) is 4.79 Å². The number of nitrogens with zero attached hydrogens (tertiary/aromatic N) is 1. The molecule has 2 unspecified atom stereocenters. The van der Waals surface area contributed by atoms with Gasteiger partial charge in [0.15, 0.2) is 6.61 Å². The second-order valence-electron chi connectivity index (χ2n) is 9.80. The van der Waals surface area contributed by atoms with Crippen molar-refractivity contribution in [3.05, 3.63) is 29.8 Å². The van der Waals surface area contributed by atoms with Crippen LogP contribution < -0.4 is 4.74 Å². The Bertz CT molecular complexity index is 769. The molecule has 1 aromatic carbocycles. The van der Waals surface area contributed by atoms with E-state index in [0.29, 0.717) is 11.2 Å². The number of carboxylic acids is 1. The van der Waals surface area contributed by atoms with Crippen molar-refractivity contribution in [1.82, 2.24) is 4.90 Å². The average Bonchev–Trinajstić information content (AvgIpc) is 3.08. The zero-order chi connectivity index (χ0) is 20.2. The molecule has 6 rings (SSSR count). The van der Waals surface area contributed by atoms with Gasteiger partial charge in [-0.2, -0.15) is 0 Å². The molecule has 5 aliphatic rings. The van der Waals surface area contributed by atoms with Gasteiger partial charge in [0.25, 0.3) is 5.91 Å². The molecule has 29 heavy (non-hydrogen) atoms. The predicted molar refractivity (Wildman–Crippen MR) is 106 cm³/mol. The molecule has 1 amide bonds. The van der Waals surface area contributed by atoms with Crippen LogP contribution in [0.5, 0.6) is 5.75 Å². The van der Waals surface area contributed by atoms with Gasteiger partial charge in [-0.05, 0) is 79.4 Å². The topological polar surface area (TPSA) is 87.1 Å². The Balaban J connectivity index is 1.23. The summed E-state index contributed by atoms with van der Waals surface area (Å²) < 4.78 is 5.65. The lowest BCUT2D eigenvalue weighted by Gasteiger charge is -2.57. The first-order valence-corrected chi connectivity index (χ1v) is 10.9. The lowest BCUT2D eigenvalue weighted by atomic mass is 9.48. The summed E-state index contributed by atoms with van der Waals surface area (Å²) in [5.41, 5.74) is 1.74. The lowest BCUT2D eigenvalue weighted by Crippen LogP contribution is -2.48. The summed E-state index contributed by atoms with van der Waals surface area (Å²) in [6.07, 6.45) is 7.48. The number of hydrogen-bond donors (Lipinski definition) is 2. The molecule has 4 saturated carbocycles. The highest BCUT2D eigenvalue weighted by Crippen LogP contribution is 2.60. The van der Waals surface area contributed by atoms with Gasteiger partial charge in [-0.15, -0.1) is 0 Å². The van der Waals surface area contributed by atoms with E-state index in [1.165, 1.54) is 49.0 Å². The number of rotatable bonds is 5. The lowest BCUT2D eigenvalue weighted by molar-refractivity contribution is -0.148. The van der Waals surface area contributed by atoms with Gasteiger partial charge in [0, 0.05) is 13.0 Å². The highest BCUT2D eigenvalue weighted by atomic mass is 16.5.